The molecule has 1 aliphatic rings. The second-order valence-corrected chi connectivity index (χ2v) is 10.6. The van der Waals surface area contributed by atoms with Crippen molar-refractivity contribution < 1.29 is 33.3 Å². The van der Waals surface area contributed by atoms with Gasteiger partial charge >= 0.3 is 11.9 Å². The summed E-state index contributed by atoms with van der Waals surface area (Å²) >= 11 is 1.20. The number of hydrogen-bond acceptors (Lipinski definition) is 10. The zero-order valence-electron chi connectivity index (χ0n) is 24.8. The molecule has 4 rings (SSSR count). The lowest BCUT2D eigenvalue weighted by Gasteiger charge is -2.25. The smallest absolute Gasteiger partial charge is 0.338 e. The number of aromatic nitrogens is 1. The Hall–Kier alpha value is -4.64. The molecule has 0 N–H and O–H groups in total. The highest BCUT2D eigenvalue weighted by molar-refractivity contribution is 7.07. The summed E-state index contributed by atoms with van der Waals surface area (Å²) in [4.78, 5) is 43.9. The van der Waals surface area contributed by atoms with Gasteiger partial charge in [-0.1, -0.05) is 49.5 Å². The number of ether oxygens (including phenoxy) is 5. The number of hydrogen-bond donors (Lipinski definition) is 0. The van der Waals surface area contributed by atoms with Crippen molar-refractivity contribution >= 4 is 29.4 Å². The molecule has 0 spiro atoms. The second-order valence-electron chi connectivity index (χ2n) is 9.59. The van der Waals surface area contributed by atoms with Gasteiger partial charge in [-0.05, 0) is 54.8 Å². The van der Waals surface area contributed by atoms with Gasteiger partial charge in [0.05, 0.1) is 42.7 Å². The van der Waals surface area contributed by atoms with E-state index in [2.05, 4.69) is 18.5 Å². The van der Waals surface area contributed by atoms with Gasteiger partial charge in [0.1, 0.15) is 6.61 Å². The fraction of sp³-hybridized carbons (Fsp3) is 0.312. The molecule has 1 atom stereocenters. The molecule has 0 saturated carbocycles. The molecule has 0 saturated heterocycles. The van der Waals surface area contributed by atoms with Crippen LogP contribution in [0.2, 0.25) is 0 Å². The van der Waals surface area contributed by atoms with Crippen molar-refractivity contribution in [2.75, 3.05) is 27.4 Å². The standard InChI is InChI=1S/C32H34N2O8S/c1-7-9-15-40-23-12-10-21(16-25(23)38-5)17-27-30(36)34-29(22-11-13-24(42-20(4)35)26(18-22)39-6)28(31(37)41-14-8-2)19(3)33-32(34)43-27/h8,10-13,16-18,29H,2,7,9,14-15H2,1,3-6H3/b27-17-. The first kappa shape index (κ1) is 31.3. The fourth-order valence-electron chi connectivity index (χ4n) is 4.57. The normalized spacial score (nSPS) is 14.4. The molecule has 0 amide bonds. The molecule has 2 aromatic carbocycles. The Morgan fingerprint density at radius 2 is 1.79 bits per heavy atom. The van der Waals surface area contributed by atoms with Crippen LogP contribution in [-0.4, -0.2) is 43.9 Å². The summed E-state index contributed by atoms with van der Waals surface area (Å²) in [5.41, 5.74) is 1.52. The van der Waals surface area contributed by atoms with E-state index < -0.39 is 18.0 Å². The second kappa shape index (κ2) is 14.0. The number of allylic oxidation sites excluding steroid dienone is 1. The average Bonchev–Trinajstić information content (AvgIpc) is 3.29. The summed E-state index contributed by atoms with van der Waals surface area (Å²) in [6.07, 6.45) is 5.15. The summed E-state index contributed by atoms with van der Waals surface area (Å²) in [5.74, 6) is 0.500. The van der Waals surface area contributed by atoms with Gasteiger partial charge in [-0.15, -0.1) is 0 Å². The number of carbonyl (C=O) groups is 2. The molecule has 0 radical (unpaired) electrons. The van der Waals surface area contributed by atoms with Crippen LogP contribution in [0.25, 0.3) is 6.08 Å². The molecule has 1 unspecified atom stereocenters. The maximum absolute atomic E-state index is 14.0. The minimum Gasteiger partial charge on any atom is -0.493 e. The van der Waals surface area contributed by atoms with E-state index in [0.717, 1.165) is 18.4 Å². The Labute approximate surface area is 253 Å². The molecule has 43 heavy (non-hydrogen) atoms. The molecule has 1 aromatic heterocycles. The zero-order valence-corrected chi connectivity index (χ0v) is 25.6. The molecule has 0 bridgehead atoms. The highest BCUT2D eigenvalue weighted by Crippen LogP contribution is 2.36. The van der Waals surface area contributed by atoms with Gasteiger partial charge in [0.25, 0.3) is 5.56 Å². The van der Waals surface area contributed by atoms with Crippen LogP contribution in [0.4, 0.5) is 0 Å². The topological polar surface area (TPSA) is 115 Å². The first-order chi connectivity index (χ1) is 20.7. The summed E-state index contributed by atoms with van der Waals surface area (Å²) in [7, 11) is 3.00. The Bertz CT molecular complexity index is 1750. The van der Waals surface area contributed by atoms with E-state index in [1.165, 1.54) is 36.0 Å². The predicted molar refractivity (Wildman–Crippen MR) is 163 cm³/mol. The Balaban J connectivity index is 1.86. The number of fused-ring (bicyclic) bond motifs is 1. The van der Waals surface area contributed by atoms with E-state index in [0.29, 0.717) is 38.7 Å². The number of benzene rings is 2. The number of carbonyl (C=O) groups excluding carboxylic acids is 2. The first-order valence-corrected chi connectivity index (χ1v) is 14.5. The molecule has 2 heterocycles. The first-order valence-electron chi connectivity index (χ1n) is 13.7. The van der Waals surface area contributed by atoms with Crippen LogP contribution < -0.4 is 33.8 Å². The number of thiazole rings is 1. The number of methoxy groups -OCH3 is 2. The third-order valence-electron chi connectivity index (χ3n) is 6.57. The van der Waals surface area contributed by atoms with Crippen LogP contribution in [0.5, 0.6) is 23.0 Å². The van der Waals surface area contributed by atoms with E-state index in [9.17, 15) is 14.4 Å². The minimum absolute atomic E-state index is 0.0124. The van der Waals surface area contributed by atoms with Crippen LogP contribution in [0, 0.1) is 0 Å². The highest BCUT2D eigenvalue weighted by atomic mass is 32.1. The van der Waals surface area contributed by atoms with Crippen molar-refractivity contribution in [3.8, 4) is 23.0 Å². The van der Waals surface area contributed by atoms with Crippen molar-refractivity contribution in [2.45, 2.75) is 39.7 Å². The van der Waals surface area contributed by atoms with E-state index in [1.807, 2.05) is 12.1 Å². The van der Waals surface area contributed by atoms with Gasteiger partial charge in [-0.3, -0.25) is 14.2 Å². The molecule has 11 heteroatoms. The molecule has 226 valence electrons. The van der Waals surface area contributed by atoms with Crippen LogP contribution in [-0.2, 0) is 14.3 Å². The monoisotopic (exact) mass is 606 g/mol. The van der Waals surface area contributed by atoms with Crippen molar-refractivity contribution in [2.24, 2.45) is 4.99 Å². The largest absolute Gasteiger partial charge is 0.493 e. The van der Waals surface area contributed by atoms with Crippen molar-refractivity contribution in [3.63, 3.8) is 0 Å². The number of nitrogens with zero attached hydrogens (tertiary/aromatic N) is 2. The number of esters is 2. The van der Waals surface area contributed by atoms with E-state index >= 15 is 0 Å². The third-order valence-corrected chi connectivity index (χ3v) is 7.55. The fourth-order valence-corrected chi connectivity index (χ4v) is 5.62. The van der Waals surface area contributed by atoms with Gasteiger partial charge in [0.2, 0.25) is 0 Å². The number of rotatable bonds is 12. The van der Waals surface area contributed by atoms with E-state index in [1.54, 1.807) is 44.4 Å². The average molecular weight is 607 g/mol. The lowest BCUT2D eigenvalue weighted by molar-refractivity contribution is -0.138. The zero-order chi connectivity index (χ0) is 31.1. The molecule has 0 aliphatic carbocycles. The van der Waals surface area contributed by atoms with Crippen LogP contribution in [0.3, 0.4) is 0 Å². The lowest BCUT2D eigenvalue weighted by atomic mass is 9.95. The number of unbranched alkanes of at least 4 members (excludes halogenated alkanes) is 1. The summed E-state index contributed by atoms with van der Waals surface area (Å²) in [5, 5.41) is 0. The molecule has 1 aliphatic heterocycles. The Morgan fingerprint density at radius 3 is 2.47 bits per heavy atom. The molecular formula is C32H34N2O8S. The lowest BCUT2D eigenvalue weighted by Crippen LogP contribution is -2.40. The van der Waals surface area contributed by atoms with Gasteiger partial charge in [-0.2, -0.15) is 0 Å². The van der Waals surface area contributed by atoms with Gasteiger partial charge < -0.3 is 23.7 Å². The van der Waals surface area contributed by atoms with E-state index in [4.69, 9.17) is 23.7 Å². The van der Waals surface area contributed by atoms with Crippen molar-refractivity contribution in [1.29, 1.82) is 0 Å². The summed E-state index contributed by atoms with van der Waals surface area (Å²) < 4.78 is 29.4. The molecule has 0 fully saturated rings. The van der Waals surface area contributed by atoms with Crippen LogP contribution >= 0.6 is 11.3 Å². The third kappa shape index (κ3) is 6.89. The highest BCUT2D eigenvalue weighted by Gasteiger charge is 2.34. The van der Waals surface area contributed by atoms with Crippen molar-refractivity contribution in [3.05, 3.63) is 91.1 Å². The molecular weight excluding hydrogens is 572 g/mol. The van der Waals surface area contributed by atoms with Gasteiger partial charge in [0, 0.05) is 6.92 Å². The van der Waals surface area contributed by atoms with Crippen LogP contribution in [0.1, 0.15) is 50.8 Å². The maximum atomic E-state index is 14.0. The Kier molecular flexibility index (Phi) is 10.2. The SMILES string of the molecule is C=CCOC(=O)C1=C(C)N=c2s/c(=C\c3ccc(OCCCC)c(OC)c3)c(=O)n2C1c1ccc(OC(C)=O)c(OC)c1. The van der Waals surface area contributed by atoms with E-state index in [-0.39, 0.29) is 29.2 Å². The quantitative estimate of drug-likeness (QED) is 0.131. The van der Waals surface area contributed by atoms with Gasteiger partial charge in [0.15, 0.2) is 27.8 Å². The summed E-state index contributed by atoms with van der Waals surface area (Å²) in [6, 6.07) is 9.44. The Morgan fingerprint density at radius 1 is 1.07 bits per heavy atom. The van der Waals surface area contributed by atoms with Crippen molar-refractivity contribution in [1.82, 2.24) is 4.57 Å². The summed E-state index contributed by atoms with van der Waals surface area (Å²) in [6.45, 7) is 9.25. The maximum Gasteiger partial charge on any atom is 0.338 e. The van der Waals surface area contributed by atoms with Gasteiger partial charge in [-0.25, -0.2) is 9.79 Å². The predicted octanol–water partition coefficient (Wildman–Crippen LogP) is 4.09. The molecule has 10 nitrogen and oxygen atoms in total. The molecule has 3 aromatic rings. The van der Waals surface area contributed by atoms with Crippen LogP contribution in [0.15, 0.2) is 70.1 Å². The minimum atomic E-state index is -0.889.